The van der Waals surface area contributed by atoms with Crippen LogP contribution in [-0.4, -0.2) is 51.2 Å². The lowest BCUT2D eigenvalue weighted by atomic mass is 9.85. The average Bonchev–Trinajstić information content (AvgIpc) is 2.85. The largest absolute Gasteiger partial charge is 0.367 e. The summed E-state index contributed by atoms with van der Waals surface area (Å²) in [5.41, 5.74) is 1.15. The Bertz CT molecular complexity index is 601. The van der Waals surface area contributed by atoms with Crippen molar-refractivity contribution in [2.45, 2.75) is 40.2 Å². The predicted molar refractivity (Wildman–Crippen MR) is 85.6 cm³/mol. The van der Waals surface area contributed by atoms with Crippen molar-refractivity contribution in [1.29, 1.82) is 0 Å². The zero-order chi connectivity index (χ0) is 15.6. The second-order valence-corrected chi connectivity index (χ2v) is 6.55. The summed E-state index contributed by atoms with van der Waals surface area (Å²) in [5.74, 6) is 1.60. The van der Waals surface area contributed by atoms with Crippen molar-refractivity contribution in [3.05, 3.63) is 18.1 Å². The first kappa shape index (κ1) is 15.7. The highest BCUT2D eigenvalue weighted by Crippen LogP contribution is 2.25. The summed E-state index contributed by atoms with van der Waals surface area (Å²) < 4.78 is 1.77. The monoisotopic (exact) mass is 290 g/mol. The van der Waals surface area contributed by atoms with E-state index < -0.39 is 0 Å². The van der Waals surface area contributed by atoms with Gasteiger partial charge in [0.1, 0.15) is 12.1 Å². The van der Waals surface area contributed by atoms with Gasteiger partial charge in [-0.15, -0.1) is 0 Å². The predicted octanol–water partition coefficient (Wildman–Crippen LogP) is 2.07. The van der Waals surface area contributed by atoms with E-state index in [9.17, 15) is 0 Å². The number of nitrogens with zero attached hydrogens (tertiary/aromatic N) is 5. The molecule has 2 aromatic rings. The van der Waals surface area contributed by atoms with E-state index in [1.807, 2.05) is 0 Å². The van der Waals surface area contributed by atoms with Crippen molar-refractivity contribution in [2.24, 2.45) is 5.41 Å². The summed E-state index contributed by atoms with van der Waals surface area (Å²) in [7, 11) is 4.21. The van der Waals surface area contributed by atoms with Gasteiger partial charge in [0, 0.05) is 24.3 Å². The van der Waals surface area contributed by atoms with Crippen LogP contribution in [0.25, 0.3) is 5.78 Å². The molecule has 0 spiro atoms. The van der Waals surface area contributed by atoms with Crippen LogP contribution in [0.3, 0.4) is 0 Å². The van der Waals surface area contributed by atoms with E-state index in [4.69, 9.17) is 0 Å². The fourth-order valence-electron chi connectivity index (χ4n) is 2.51. The maximum atomic E-state index is 4.47. The molecule has 0 radical (unpaired) electrons. The smallest absolute Gasteiger partial charge is 0.254 e. The molecule has 0 saturated carbocycles. The van der Waals surface area contributed by atoms with Crippen LogP contribution >= 0.6 is 0 Å². The molecule has 1 unspecified atom stereocenters. The second-order valence-electron chi connectivity index (χ2n) is 6.55. The first-order chi connectivity index (χ1) is 9.83. The number of anilines is 1. The molecule has 116 valence electrons. The van der Waals surface area contributed by atoms with E-state index in [-0.39, 0.29) is 5.41 Å². The van der Waals surface area contributed by atoms with Crippen LogP contribution in [0.4, 0.5) is 5.82 Å². The van der Waals surface area contributed by atoms with E-state index >= 15 is 0 Å². The Morgan fingerprint density at radius 1 is 1.38 bits per heavy atom. The molecule has 0 aliphatic carbocycles. The molecule has 0 saturated heterocycles. The Morgan fingerprint density at radius 3 is 2.71 bits per heavy atom. The molecule has 0 aromatic carbocycles. The van der Waals surface area contributed by atoms with Gasteiger partial charge < -0.3 is 10.2 Å². The van der Waals surface area contributed by atoms with Gasteiger partial charge in [0.15, 0.2) is 0 Å². The quantitative estimate of drug-likeness (QED) is 0.882. The number of nitrogens with one attached hydrogen (secondary N) is 1. The van der Waals surface area contributed by atoms with Crippen LogP contribution in [0.5, 0.6) is 0 Å². The Kier molecular flexibility index (Phi) is 4.46. The normalized spacial score (nSPS) is 13.9. The number of hydrogen-bond acceptors (Lipinski definition) is 5. The first-order valence-corrected chi connectivity index (χ1v) is 7.44. The summed E-state index contributed by atoms with van der Waals surface area (Å²) in [6, 6.07) is 2.35. The molecule has 6 heteroatoms. The molecule has 0 fully saturated rings. The third-order valence-electron chi connectivity index (χ3n) is 3.93. The van der Waals surface area contributed by atoms with Gasteiger partial charge in [0.05, 0.1) is 0 Å². The summed E-state index contributed by atoms with van der Waals surface area (Å²) >= 11 is 0. The Balaban J connectivity index is 2.28. The minimum Gasteiger partial charge on any atom is -0.367 e. The minimum atomic E-state index is 0.131. The SMILES string of the molecule is CCc1cc(NC(C)C(C)(C)CN(C)C)n2ncnc2n1. The van der Waals surface area contributed by atoms with Gasteiger partial charge in [0.2, 0.25) is 0 Å². The molecule has 2 heterocycles. The summed E-state index contributed by atoms with van der Waals surface area (Å²) in [6.07, 6.45) is 2.43. The van der Waals surface area contributed by atoms with Crippen LogP contribution in [0.2, 0.25) is 0 Å². The van der Waals surface area contributed by atoms with E-state index in [0.717, 1.165) is 24.5 Å². The average molecular weight is 290 g/mol. The van der Waals surface area contributed by atoms with Crippen molar-refractivity contribution in [3.63, 3.8) is 0 Å². The molecule has 0 aliphatic heterocycles. The zero-order valence-electron chi connectivity index (χ0n) is 13.9. The van der Waals surface area contributed by atoms with Crippen LogP contribution in [0.1, 0.15) is 33.4 Å². The number of aryl methyl sites for hydroxylation is 1. The summed E-state index contributed by atoms with van der Waals surface area (Å²) in [5, 5.41) is 7.85. The Morgan fingerprint density at radius 2 is 2.10 bits per heavy atom. The van der Waals surface area contributed by atoms with E-state index in [2.05, 4.69) is 73.1 Å². The molecule has 0 amide bonds. The number of rotatable bonds is 6. The van der Waals surface area contributed by atoms with Gasteiger partial charge in [-0.25, -0.2) is 4.98 Å². The molecular formula is C15H26N6. The van der Waals surface area contributed by atoms with Gasteiger partial charge in [0.25, 0.3) is 5.78 Å². The molecule has 0 aliphatic rings. The molecule has 0 bridgehead atoms. The third-order valence-corrected chi connectivity index (χ3v) is 3.93. The molecule has 2 aromatic heterocycles. The van der Waals surface area contributed by atoms with Crippen LogP contribution < -0.4 is 5.32 Å². The standard InChI is InChI=1S/C15H26N6/c1-7-12-8-13(21-14(19-12)16-10-17-21)18-11(2)15(3,4)9-20(5)6/h8,10-11,18H,7,9H2,1-6H3. The third kappa shape index (κ3) is 3.50. The van der Waals surface area contributed by atoms with Gasteiger partial charge in [-0.2, -0.15) is 14.6 Å². The summed E-state index contributed by atoms with van der Waals surface area (Å²) in [4.78, 5) is 10.9. The van der Waals surface area contributed by atoms with Gasteiger partial charge in [-0.05, 0) is 32.9 Å². The maximum absolute atomic E-state index is 4.47. The zero-order valence-corrected chi connectivity index (χ0v) is 13.9. The first-order valence-electron chi connectivity index (χ1n) is 7.44. The molecular weight excluding hydrogens is 264 g/mol. The summed E-state index contributed by atoms with van der Waals surface area (Å²) in [6.45, 7) is 9.85. The lowest BCUT2D eigenvalue weighted by Crippen LogP contribution is -2.41. The van der Waals surface area contributed by atoms with Crippen LogP contribution in [0, 0.1) is 5.41 Å². The Labute approximate surface area is 126 Å². The number of aromatic nitrogens is 4. The fourth-order valence-corrected chi connectivity index (χ4v) is 2.51. The van der Waals surface area contributed by atoms with Gasteiger partial charge in [-0.3, -0.25) is 0 Å². The number of hydrogen-bond donors (Lipinski definition) is 1. The van der Waals surface area contributed by atoms with Crippen LogP contribution in [-0.2, 0) is 6.42 Å². The van der Waals surface area contributed by atoms with Crippen molar-refractivity contribution in [2.75, 3.05) is 26.0 Å². The topological polar surface area (TPSA) is 58.4 Å². The molecule has 1 N–H and O–H groups in total. The van der Waals surface area contributed by atoms with Crippen molar-refractivity contribution < 1.29 is 0 Å². The highest BCUT2D eigenvalue weighted by Gasteiger charge is 2.27. The lowest BCUT2D eigenvalue weighted by Gasteiger charge is -2.35. The highest BCUT2D eigenvalue weighted by atomic mass is 15.4. The van der Waals surface area contributed by atoms with Crippen molar-refractivity contribution >= 4 is 11.6 Å². The maximum Gasteiger partial charge on any atom is 0.254 e. The van der Waals surface area contributed by atoms with Gasteiger partial charge in [-0.1, -0.05) is 20.8 Å². The van der Waals surface area contributed by atoms with E-state index in [0.29, 0.717) is 11.8 Å². The minimum absolute atomic E-state index is 0.131. The van der Waals surface area contributed by atoms with Crippen molar-refractivity contribution in [3.8, 4) is 0 Å². The van der Waals surface area contributed by atoms with Crippen molar-refractivity contribution in [1.82, 2.24) is 24.5 Å². The fraction of sp³-hybridized carbons (Fsp3) is 0.667. The second kappa shape index (κ2) is 5.97. The molecule has 21 heavy (non-hydrogen) atoms. The lowest BCUT2D eigenvalue weighted by molar-refractivity contribution is 0.217. The number of fused-ring (bicyclic) bond motifs is 1. The van der Waals surface area contributed by atoms with E-state index in [1.165, 1.54) is 0 Å². The highest BCUT2D eigenvalue weighted by molar-refractivity contribution is 5.45. The molecule has 2 rings (SSSR count). The van der Waals surface area contributed by atoms with Gasteiger partial charge >= 0.3 is 0 Å². The molecule has 6 nitrogen and oxygen atoms in total. The Hall–Kier alpha value is -1.69. The van der Waals surface area contributed by atoms with Crippen LogP contribution in [0.15, 0.2) is 12.4 Å². The van der Waals surface area contributed by atoms with E-state index in [1.54, 1.807) is 10.8 Å². The molecule has 1 atom stereocenters.